The maximum Gasteiger partial charge on any atom is 0.507 e. The average Bonchev–Trinajstić information content (AvgIpc) is 2.10. The predicted molar refractivity (Wildman–Crippen MR) is 49.7 cm³/mol. The van der Waals surface area contributed by atoms with Crippen LogP contribution in [-0.4, -0.2) is 12.2 Å². The van der Waals surface area contributed by atoms with Gasteiger partial charge in [0.15, 0.2) is 11.5 Å². The molecule has 0 bridgehead atoms. The largest absolute Gasteiger partial charge is 0.507 e. The molecule has 0 atom stereocenters. The van der Waals surface area contributed by atoms with E-state index in [1.807, 2.05) is 0 Å². The summed E-state index contributed by atoms with van der Waals surface area (Å²) in [4.78, 5) is 0. The number of benzene rings is 1. The second-order valence-corrected chi connectivity index (χ2v) is 3.91. The number of nitrogen functional groups attached to an aromatic ring is 1. The van der Waals surface area contributed by atoms with E-state index in [2.05, 4.69) is 25.4 Å². The van der Waals surface area contributed by atoms with E-state index in [4.69, 9.17) is 5.73 Å². The normalized spacial score (nSPS) is 20.6. The van der Waals surface area contributed by atoms with E-state index < -0.39 is 23.7 Å². The van der Waals surface area contributed by atoms with E-state index in [0.29, 0.717) is 0 Å². The van der Waals surface area contributed by atoms with Crippen molar-refractivity contribution in [2.45, 2.75) is 12.2 Å². The van der Waals surface area contributed by atoms with Crippen molar-refractivity contribution in [3.8, 4) is 11.5 Å². The summed E-state index contributed by atoms with van der Waals surface area (Å²) in [5, 5.41) is 0. The third kappa shape index (κ3) is 1.57. The molecule has 16 heavy (non-hydrogen) atoms. The van der Waals surface area contributed by atoms with Gasteiger partial charge in [-0.05, 0) is 15.9 Å². The number of rotatable bonds is 0. The zero-order valence-corrected chi connectivity index (χ0v) is 9.02. The van der Waals surface area contributed by atoms with Crippen LogP contribution in [0.1, 0.15) is 0 Å². The van der Waals surface area contributed by atoms with Gasteiger partial charge in [-0.3, -0.25) is 0 Å². The van der Waals surface area contributed by atoms with Gasteiger partial charge in [0, 0.05) is 22.3 Å². The van der Waals surface area contributed by atoms with Crippen LogP contribution in [0.4, 0.5) is 23.2 Å². The van der Waals surface area contributed by atoms with Gasteiger partial charge in [-0.1, -0.05) is 0 Å². The Bertz CT molecular complexity index is 411. The summed E-state index contributed by atoms with van der Waals surface area (Å²) in [7, 11) is 0. The minimum absolute atomic E-state index is 0.0726. The van der Waals surface area contributed by atoms with Gasteiger partial charge in [-0.15, -0.1) is 0 Å². The third-order valence-electron chi connectivity index (χ3n) is 1.88. The number of ether oxygens (including phenoxy) is 2. The van der Waals surface area contributed by atoms with Crippen LogP contribution in [-0.2, 0) is 0 Å². The number of alkyl halides is 4. The van der Waals surface area contributed by atoms with Gasteiger partial charge in [0.2, 0.25) is 0 Å². The quantitative estimate of drug-likeness (QED) is 0.592. The van der Waals surface area contributed by atoms with Crippen LogP contribution in [0.25, 0.3) is 0 Å². The Hall–Kier alpha value is -1.18. The fourth-order valence-electron chi connectivity index (χ4n) is 1.11. The zero-order valence-electron chi connectivity index (χ0n) is 7.44. The molecule has 1 aliphatic rings. The van der Waals surface area contributed by atoms with Crippen LogP contribution in [0.2, 0.25) is 0 Å². The second kappa shape index (κ2) is 3.16. The van der Waals surface area contributed by atoms with Crippen molar-refractivity contribution in [3.05, 3.63) is 16.6 Å². The van der Waals surface area contributed by atoms with Gasteiger partial charge < -0.3 is 15.2 Å². The van der Waals surface area contributed by atoms with E-state index in [1.54, 1.807) is 0 Å². The van der Waals surface area contributed by atoms with Crippen LogP contribution in [0.15, 0.2) is 16.6 Å². The predicted octanol–water partition coefficient (Wildman–Crippen LogP) is 2.99. The molecule has 0 aromatic heterocycles. The fraction of sp³-hybridized carbons (Fsp3) is 0.250. The van der Waals surface area contributed by atoms with Gasteiger partial charge in [-0.2, -0.15) is 17.6 Å². The first-order valence-corrected chi connectivity index (χ1v) is 4.75. The maximum atomic E-state index is 12.7. The number of anilines is 1. The third-order valence-corrected chi connectivity index (χ3v) is 2.56. The molecule has 0 saturated heterocycles. The Kier molecular flexibility index (Phi) is 2.23. The zero-order chi connectivity index (χ0) is 12.1. The molecule has 3 nitrogen and oxygen atoms in total. The molecule has 0 radical (unpaired) electrons. The summed E-state index contributed by atoms with van der Waals surface area (Å²) in [6, 6.07) is 2.01. The fourth-order valence-corrected chi connectivity index (χ4v) is 1.43. The lowest BCUT2D eigenvalue weighted by Gasteiger charge is -2.32. The summed E-state index contributed by atoms with van der Waals surface area (Å²) in [6.45, 7) is 0. The Morgan fingerprint density at radius 3 is 1.94 bits per heavy atom. The Morgan fingerprint density at radius 2 is 1.44 bits per heavy atom. The Balaban J connectivity index is 2.52. The molecule has 0 fully saturated rings. The van der Waals surface area contributed by atoms with Gasteiger partial charge >= 0.3 is 12.2 Å². The molecule has 2 rings (SSSR count). The topological polar surface area (TPSA) is 44.5 Å². The highest BCUT2D eigenvalue weighted by molar-refractivity contribution is 9.10. The average molecular weight is 302 g/mol. The van der Waals surface area contributed by atoms with E-state index in [1.165, 1.54) is 0 Å². The minimum atomic E-state index is -4.72. The standard InChI is InChI=1S/C8H4BrF4NO2/c9-3-1-5-6(2-4(3)14)16-8(12,13)7(10,11)15-5/h1-2H,14H2. The van der Waals surface area contributed by atoms with Crippen molar-refractivity contribution >= 4 is 21.6 Å². The van der Waals surface area contributed by atoms with Crippen LogP contribution in [0.5, 0.6) is 11.5 Å². The smallest absolute Gasteiger partial charge is 0.421 e. The minimum Gasteiger partial charge on any atom is -0.421 e. The second-order valence-electron chi connectivity index (χ2n) is 3.06. The van der Waals surface area contributed by atoms with E-state index in [0.717, 1.165) is 12.1 Å². The highest BCUT2D eigenvalue weighted by Gasteiger charge is 2.65. The molecular weight excluding hydrogens is 298 g/mol. The van der Waals surface area contributed by atoms with Crippen LogP contribution in [0.3, 0.4) is 0 Å². The lowest BCUT2D eigenvalue weighted by Crippen LogP contribution is -2.52. The van der Waals surface area contributed by atoms with Crippen molar-refractivity contribution in [1.82, 2.24) is 0 Å². The molecule has 1 aromatic rings. The van der Waals surface area contributed by atoms with Crippen LogP contribution < -0.4 is 15.2 Å². The summed E-state index contributed by atoms with van der Waals surface area (Å²) in [5.41, 5.74) is 5.46. The van der Waals surface area contributed by atoms with Crippen molar-refractivity contribution in [1.29, 1.82) is 0 Å². The molecule has 2 N–H and O–H groups in total. The molecule has 1 aromatic carbocycles. The summed E-state index contributed by atoms with van der Waals surface area (Å²) >= 11 is 2.95. The van der Waals surface area contributed by atoms with Crippen molar-refractivity contribution in [2.75, 3.05) is 5.73 Å². The van der Waals surface area contributed by atoms with Gasteiger partial charge in [0.05, 0.1) is 0 Å². The van der Waals surface area contributed by atoms with Gasteiger partial charge in [0.1, 0.15) is 0 Å². The highest BCUT2D eigenvalue weighted by Crippen LogP contribution is 2.48. The first-order chi connectivity index (χ1) is 7.23. The molecule has 0 spiro atoms. The summed E-state index contributed by atoms with van der Waals surface area (Å²) < 4.78 is 59.0. The number of hydrogen-bond donors (Lipinski definition) is 1. The lowest BCUT2D eigenvalue weighted by atomic mass is 10.2. The molecule has 8 heteroatoms. The van der Waals surface area contributed by atoms with Crippen molar-refractivity contribution in [3.63, 3.8) is 0 Å². The molecule has 88 valence electrons. The molecule has 0 aliphatic carbocycles. The number of hydrogen-bond acceptors (Lipinski definition) is 3. The molecule has 1 heterocycles. The lowest BCUT2D eigenvalue weighted by molar-refractivity contribution is -0.391. The van der Waals surface area contributed by atoms with Crippen molar-refractivity contribution in [2.24, 2.45) is 0 Å². The summed E-state index contributed by atoms with van der Waals surface area (Å²) in [5.74, 6) is -1.03. The van der Waals surface area contributed by atoms with E-state index in [-0.39, 0.29) is 10.2 Å². The Labute approximate surface area is 95.3 Å². The monoisotopic (exact) mass is 301 g/mol. The first kappa shape index (κ1) is 11.3. The van der Waals surface area contributed by atoms with Crippen LogP contribution >= 0.6 is 15.9 Å². The van der Waals surface area contributed by atoms with E-state index in [9.17, 15) is 17.6 Å². The van der Waals surface area contributed by atoms with Crippen molar-refractivity contribution < 1.29 is 27.0 Å². The van der Waals surface area contributed by atoms with Gasteiger partial charge in [0.25, 0.3) is 0 Å². The number of nitrogens with two attached hydrogens (primary N) is 1. The molecular formula is C8H4BrF4NO2. The summed E-state index contributed by atoms with van der Waals surface area (Å²) in [6.07, 6.45) is -9.43. The maximum absolute atomic E-state index is 12.7. The number of halogens is 5. The first-order valence-electron chi connectivity index (χ1n) is 3.95. The number of fused-ring (bicyclic) bond motifs is 1. The molecule has 0 saturated carbocycles. The highest BCUT2D eigenvalue weighted by atomic mass is 79.9. The molecule has 1 aliphatic heterocycles. The van der Waals surface area contributed by atoms with E-state index >= 15 is 0 Å². The Morgan fingerprint density at radius 1 is 1.00 bits per heavy atom. The van der Waals surface area contributed by atoms with Crippen LogP contribution in [0, 0.1) is 0 Å². The molecule has 0 unspecified atom stereocenters. The SMILES string of the molecule is Nc1cc2c(cc1Br)OC(F)(F)C(F)(F)O2. The van der Waals surface area contributed by atoms with Gasteiger partial charge in [-0.25, -0.2) is 0 Å². The molecule has 0 amide bonds.